The highest BCUT2D eigenvalue weighted by Gasteiger charge is 2.42. The van der Waals surface area contributed by atoms with Crippen LogP contribution in [0, 0.1) is 17.2 Å². The average molecular weight is 414 g/mol. The zero-order valence-corrected chi connectivity index (χ0v) is 16.8. The first kappa shape index (κ1) is 18.6. The first-order valence-corrected chi connectivity index (χ1v) is 10.5. The molecular weight excluding hydrogens is 396 g/mol. The van der Waals surface area contributed by atoms with E-state index in [1.165, 1.54) is 11.3 Å². The summed E-state index contributed by atoms with van der Waals surface area (Å²) in [6, 6.07) is 6.16. The Labute approximate surface area is 177 Å². The molecular formula is C22H18N6OS. The summed E-state index contributed by atoms with van der Waals surface area (Å²) in [4.78, 5) is 30.8. The lowest BCUT2D eigenvalue weighted by Gasteiger charge is -2.30. The summed E-state index contributed by atoms with van der Waals surface area (Å²) in [5.74, 6) is 0.193. The fourth-order valence-electron chi connectivity index (χ4n) is 4.28. The molecule has 0 spiro atoms. The minimum atomic E-state index is -0.817. The molecule has 8 heteroatoms. The second kappa shape index (κ2) is 7.11. The predicted octanol–water partition coefficient (Wildman–Crippen LogP) is 2.35. The topological polar surface area (TPSA) is 103 Å². The van der Waals surface area contributed by atoms with Crippen LogP contribution < -0.4 is 5.32 Å². The Morgan fingerprint density at radius 2 is 2.10 bits per heavy atom. The largest absolute Gasteiger partial charge is 0.356 e. The van der Waals surface area contributed by atoms with Crippen LogP contribution in [0.2, 0.25) is 0 Å². The maximum absolute atomic E-state index is 11.8. The minimum Gasteiger partial charge on any atom is -0.356 e. The molecule has 3 atom stereocenters. The second-order valence-electron chi connectivity index (χ2n) is 7.60. The van der Waals surface area contributed by atoms with E-state index in [2.05, 4.69) is 32.4 Å². The van der Waals surface area contributed by atoms with Crippen molar-refractivity contribution >= 4 is 29.7 Å². The number of nitrogens with one attached hydrogen (secondary N) is 1. The molecule has 1 N–H and O–H groups in total. The molecule has 2 aromatic heterocycles. The third-order valence-corrected chi connectivity index (χ3v) is 6.84. The summed E-state index contributed by atoms with van der Waals surface area (Å²) in [5.41, 5.74) is 0.567. The van der Waals surface area contributed by atoms with Gasteiger partial charge >= 0.3 is 0 Å². The molecule has 0 saturated carbocycles. The zero-order chi connectivity index (χ0) is 20.6. The Morgan fingerprint density at radius 1 is 1.23 bits per heavy atom. The molecule has 0 aromatic carbocycles. The molecule has 30 heavy (non-hydrogen) atoms. The smallest absolute Gasteiger partial charge is 0.220 e. The van der Waals surface area contributed by atoms with Crippen LogP contribution in [0.5, 0.6) is 0 Å². The summed E-state index contributed by atoms with van der Waals surface area (Å²) >= 11 is 1.32. The van der Waals surface area contributed by atoms with Gasteiger partial charge < -0.3 is 5.32 Å². The highest BCUT2D eigenvalue weighted by molar-refractivity contribution is 7.12. The number of thiazole rings is 1. The first-order valence-electron chi connectivity index (χ1n) is 9.68. The lowest BCUT2D eigenvalue weighted by molar-refractivity contribution is -0.119. The van der Waals surface area contributed by atoms with Gasteiger partial charge in [0, 0.05) is 43.9 Å². The van der Waals surface area contributed by atoms with Gasteiger partial charge in [-0.2, -0.15) is 5.26 Å². The van der Waals surface area contributed by atoms with Crippen molar-refractivity contribution in [1.82, 2.24) is 15.3 Å². The van der Waals surface area contributed by atoms with Gasteiger partial charge in [0.1, 0.15) is 16.0 Å². The molecule has 5 rings (SSSR count). The van der Waals surface area contributed by atoms with Crippen molar-refractivity contribution < 1.29 is 4.79 Å². The normalized spacial score (nSPS) is 28.9. The van der Waals surface area contributed by atoms with Crippen LogP contribution in [0.15, 0.2) is 58.8 Å². The summed E-state index contributed by atoms with van der Waals surface area (Å²) in [6.07, 6.45) is 15.9. The van der Waals surface area contributed by atoms with Crippen LogP contribution in [0.1, 0.15) is 27.6 Å². The zero-order valence-electron chi connectivity index (χ0n) is 16.0. The van der Waals surface area contributed by atoms with E-state index in [0.717, 1.165) is 11.3 Å². The van der Waals surface area contributed by atoms with E-state index in [1.807, 2.05) is 36.6 Å². The molecule has 5 heterocycles. The van der Waals surface area contributed by atoms with Crippen LogP contribution in [-0.4, -0.2) is 40.4 Å². The van der Waals surface area contributed by atoms with Gasteiger partial charge in [0.25, 0.3) is 0 Å². The van der Waals surface area contributed by atoms with Gasteiger partial charge in [-0.15, -0.1) is 11.3 Å². The van der Waals surface area contributed by atoms with Crippen molar-refractivity contribution in [2.24, 2.45) is 15.9 Å². The highest BCUT2D eigenvalue weighted by Crippen LogP contribution is 2.40. The fraction of sp³-hybridized carbons (Fsp3) is 0.273. The fourth-order valence-corrected chi connectivity index (χ4v) is 5.12. The number of pyridine rings is 1. The van der Waals surface area contributed by atoms with Crippen LogP contribution >= 0.6 is 11.3 Å². The lowest BCUT2D eigenvalue weighted by Crippen LogP contribution is -2.36. The third kappa shape index (κ3) is 2.99. The van der Waals surface area contributed by atoms with Crippen molar-refractivity contribution in [3.8, 4) is 6.07 Å². The number of hydrogen-bond donors (Lipinski definition) is 1. The van der Waals surface area contributed by atoms with E-state index in [1.54, 1.807) is 18.6 Å². The maximum Gasteiger partial charge on any atom is 0.220 e. The Hall–Kier alpha value is -3.44. The maximum atomic E-state index is 11.8. The number of nitriles is 1. The molecule has 1 saturated heterocycles. The van der Waals surface area contributed by atoms with Crippen molar-refractivity contribution in [2.75, 3.05) is 6.54 Å². The summed E-state index contributed by atoms with van der Waals surface area (Å²) in [5, 5.41) is 12.8. The van der Waals surface area contributed by atoms with E-state index in [0.29, 0.717) is 29.3 Å². The molecule has 0 radical (unpaired) electrons. The van der Waals surface area contributed by atoms with Crippen LogP contribution in [0.25, 0.3) is 0 Å². The molecule has 3 aliphatic heterocycles. The predicted molar refractivity (Wildman–Crippen MR) is 115 cm³/mol. The van der Waals surface area contributed by atoms with E-state index < -0.39 is 11.1 Å². The molecule has 1 amide bonds. The average Bonchev–Trinajstić information content (AvgIpc) is 3.54. The Kier molecular flexibility index (Phi) is 4.40. The van der Waals surface area contributed by atoms with E-state index in [-0.39, 0.29) is 11.8 Å². The van der Waals surface area contributed by atoms with Gasteiger partial charge in [-0.1, -0.05) is 6.08 Å². The molecule has 3 aliphatic rings. The van der Waals surface area contributed by atoms with Crippen LogP contribution in [-0.2, 0) is 16.8 Å². The third-order valence-electron chi connectivity index (χ3n) is 5.82. The van der Waals surface area contributed by atoms with Crippen molar-refractivity contribution in [3.63, 3.8) is 0 Å². The van der Waals surface area contributed by atoms with Gasteiger partial charge in [0.05, 0.1) is 17.4 Å². The molecule has 148 valence electrons. The molecule has 3 unspecified atom stereocenters. The van der Waals surface area contributed by atoms with E-state index >= 15 is 0 Å². The number of carbonyl (C=O) groups is 1. The number of aromatic nitrogens is 2. The van der Waals surface area contributed by atoms with Gasteiger partial charge in [0.2, 0.25) is 5.91 Å². The number of hydrogen-bond acceptors (Lipinski definition) is 7. The van der Waals surface area contributed by atoms with Gasteiger partial charge in [-0.3, -0.25) is 19.8 Å². The van der Waals surface area contributed by atoms with Crippen molar-refractivity contribution in [1.29, 1.82) is 5.26 Å². The van der Waals surface area contributed by atoms with Crippen molar-refractivity contribution in [3.05, 3.63) is 70.0 Å². The number of nitrogens with zero attached hydrogens (tertiary/aromatic N) is 5. The Balaban J connectivity index is 1.51. The number of amides is 1. The molecule has 0 bridgehead atoms. The second-order valence-corrected chi connectivity index (χ2v) is 8.64. The summed E-state index contributed by atoms with van der Waals surface area (Å²) < 4.78 is 0. The molecule has 7 nitrogen and oxygen atoms in total. The Morgan fingerprint density at radius 3 is 2.77 bits per heavy atom. The number of aliphatic imine (C=N–C) groups is 2. The number of carbonyl (C=O) groups excluding carboxylic acids is 1. The van der Waals surface area contributed by atoms with Crippen molar-refractivity contribution in [2.45, 2.75) is 23.9 Å². The highest BCUT2D eigenvalue weighted by atomic mass is 32.1. The summed E-state index contributed by atoms with van der Waals surface area (Å²) in [6.45, 7) is 0.630. The number of rotatable bonds is 5. The van der Waals surface area contributed by atoms with E-state index in [9.17, 15) is 10.1 Å². The standard InChI is InChI=1S/C22H18N6OS/c23-12-17-14-26-20(30-17)22(5-2-7-28-22)18-9-15(3-8-24-18)11-21(4-1-6-27-21)16-10-19(29)25-13-16/h1-9,14,16H,10-11,13H2,(H,25,29). The van der Waals surface area contributed by atoms with Gasteiger partial charge in [-0.25, -0.2) is 4.98 Å². The monoisotopic (exact) mass is 414 g/mol. The minimum absolute atomic E-state index is 0.0757. The van der Waals surface area contributed by atoms with Crippen LogP contribution in [0.4, 0.5) is 0 Å². The van der Waals surface area contributed by atoms with Gasteiger partial charge in [0.15, 0.2) is 5.54 Å². The molecule has 0 aliphatic carbocycles. The lowest BCUT2D eigenvalue weighted by atomic mass is 9.79. The SMILES string of the molecule is N#Cc1cnc(C2(c3cc(CC4(C5CNC(=O)C5)C=CC=N4)ccn3)C=CC=N2)s1. The molecule has 1 fully saturated rings. The molecule has 2 aromatic rings. The first-order chi connectivity index (χ1) is 14.6. The number of allylic oxidation sites excluding steroid dienone is 2. The quantitative estimate of drug-likeness (QED) is 0.811. The summed E-state index contributed by atoms with van der Waals surface area (Å²) in [7, 11) is 0. The van der Waals surface area contributed by atoms with Crippen LogP contribution in [0.3, 0.4) is 0 Å². The van der Waals surface area contributed by atoms with Gasteiger partial charge in [-0.05, 0) is 35.9 Å². The van der Waals surface area contributed by atoms with E-state index in [4.69, 9.17) is 4.99 Å². The Bertz CT molecular complexity index is 1140.